The molecule has 1 unspecified atom stereocenters. The molecule has 4 nitrogen and oxygen atoms in total. The summed E-state index contributed by atoms with van der Waals surface area (Å²) in [5.41, 5.74) is 1.26. The van der Waals surface area contributed by atoms with Crippen LogP contribution >= 0.6 is 0 Å². The third-order valence-corrected chi connectivity index (χ3v) is 3.05. The van der Waals surface area contributed by atoms with Crippen LogP contribution in [0.5, 0.6) is 5.75 Å². The molecule has 0 bridgehead atoms. The lowest BCUT2D eigenvalue weighted by Gasteiger charge is -2.19. The fraction of sp³-hybridized carbons (Fsp3) is 0.188. The number of carbonyl (C=O) groups excluding carboxylic acids is 1. The van der Waals surface area contributed by atoms with Crippen LogP contribution in [0, 0.1) is 5.82 Å². The fourth-order valence-electron chi connectivity index (χ4n) is 1.97. The van der Waals surface area contributed by atoms with Gasteiger partial charge in [0.05, 0.1) is 19.9 Å². The molecule has 0 heterocycles. The summed E-state index contributed by atoms with van der Waals surface area (Å²) in [5, 5.41) is 3.06. The molecule has 2 rings (SSSR count). The highest BCUT2D eigenvalue weighted by atomic mass is 19.1. The van der Waals surface area contributed by atoms with E-state index in [9.17, 15) is 9.18 Å². The number of para-hydroxylation sites is 2. The molecular weight excluding hydrogens is 273 g/mol. The van der Waals surface area contributed by atoms with Gasteiger partial charge in [0.1, 0.15) is 11.6 Å². The quantitative estimate of drug-likeness (QED) is 0.859. The monoisotopic (exact) mass is 289 g/mol. The zero-order valence-electron chi connectivity index (χ0n) is 11.8. The Morgan fingerprint density at radius 1 is 1.10 bits per heavy atom. The van der Waals surface area contributed by atoms with E-state index in [1.165, 1.54) is 19.2 Å². The lowest BCUT2D eigenvalue weighted by atomic mass is 10.1. The highest BCUT2D eigenvalue weighted by Gasteiger charge is 2.22. The first-order valence-electron chi connectivity index (χ1n) is 6.38. The third-order valence-electron chi connectivity index (χ3n) is 3.05. The summed E-state index contributed by atoms with van der Waals surface area (Å²) in [6, 6.07) is 12.2. The Morgan fingerprint density at radius 2 is 1.76 bits per heavy atom. The van der Waals surface area contributed by atoms with Gasteiger partial charge in [0.2, 0.25) is 0 Å². The Hall–Kier alpha value is -2.56. The number of methoxy groups -OCH3 is 2. The maximum atomic E-state index is 13.0. The second-order valence-corrected chi connectivity index (χ2v) is 4.35. The largest absolute Gasteiger partial charge is 0.495 e. The summed E-state index contributed by atoms with van der Waals surface area (Å²) in [7, 11) is 2.86. The molecule has 0 aromatic heterocycles. The Morgan fingerprint density at radius 3 is 2.38 bits per heavy atom. The second kappa shape index (κ2) is 6.74. The van der Waals surface area contributed by atoms with Crippen LogP contribution in [0.15, 0.2) is 48.5 Å². The van der Waals surface area contributed by atoms with E-state index in [-0.39, 0.29) is 5.82 Å². The molecule has 1 N–H and O–H groups in total. The van der Waals surface area contributed by atoms with Crippen molar-refractivity contribution >= 4 is 11.7 Å². The first-order chi connectivity index (χ1) is 10.2. The summed E-state index contributed by atoms with van der Waals surface area (Å²) in [5.74, 6) is -0.222. The van der Waals surface area contributed by atoms with E-state index in [4.69, 9.17) is 9.47 Å². The number of anilines is 1. The molecule has 0 aliphatic carbocycles. The van der Waals surface area contributed by atoms with Gasteiger partial charge in [-0.2, -0.15) is 0 Å². The van der Waals surface area contributed by atoms with E-state index in [2.05, 4.69) is 5.32 Å². The van der Waals surface area contributed by atoms with Crippen LogP contribution < -0.4 is 10.1 Å². The van der Waals surface area contributed by atoms with Gasteiger partial charge in [-0.05, 0) is 29.8 Å². The molecule has 0 aliphatic heterocycles. The molecule has 110 valence electrons. The number of benzene rings is 2. The Kier molecular flexibility index (Phi) is 4.77. The van der Waals surface area contributed by atoms with E-state index in [0.717, 1.165) is 0 Å². The zero-order chi connectivity index (χ0) is 15.2. The molecule has 0 spiro atoms. The van der Waals surface area contributed by atoms with E-state index >= 15 is 0 Å². The van der Waals surface area contributed by atoms with Crippen molar-refractivity contribution in [3.8, 4) is 5.75 Å². The van der Waals surface area contributed by atoms with E-state index in [1.807, 2.05) is 12.1 Å². The molecule has 2 aromatic carbocycles. The highest BCUT2D eigenvalue weighted by Crippen LogP contribution is 2.28. The van der Waals surface area contributed by atoms with E-state index < -0.39 is 12.0 Å². The van der Waals surface area contributed by atoms with E-state index in [1.54, 1.807) is 31.4 Å². The van der Waals surface area contributed by atoms with Crippen LogP contribution in [0.1, 0.15) is 11.6 Å². The molecule has 0 saturated carbocycles. The van der Waals surface area contributed by atoms with Crippen molar-refractivity contribution in [2.45, 2.75) is 6.04 Å². The topological polar surface area (TPSA) is 47.6 Å². The van der Waals surface area contributed by atoms with Gasteiger partial charge in [-0.1, -0.05) is 24.3 Å². The average molecular weight is 289 g/mol. The predicted molar refractivity (Wildman–Crippen MR) is 77.8 cm³/mol. The zero-order valence-corrected chi connectivity index (χ0v) is 11.8. The van der Waals surface area contributed by atoms with Gasteiger partial charge in [0.25, 0.3) is 0 Å². The van der Waals surface area contributed by atoms with Crippen molar-refractivity contribution in [3.63, 3.8) is 0 Å². The first-order valence-corrected chi connectivity index (χ1v) is 6.38. The molecule has 0 aliphatic rings. The molecule has 1 atom stereocenters. The van der Waals surface area contributed by atoms with Gasteiger partial charge >= 0.3 is 5.97 Å². The average Bonchev–Trinajstić information content (AvgIpc) is 2.53. The molecular formula is C16H16FNO3. The number of hydrogen-bond acceptors (Lipinski definition) is 4. The first kappa shape index (κ1) is 14.8. The second-order valence-electron chi connectivity index (χ2n) is 4.35. The van der Waals surface area contributed by atoms with Crippen LogP contribution in [0.3, 0.4) is 0 Å². The smallest absolute Gasteiger partial charge is 0.332 e. The third kappa shape index (κ3) is 3.51. The van der Waals surface area contributed by atoms with Gasteiger partial charge in [0, 0.05) is 0 Å². The maximum absolute atomic E-state index is 13.0. The number of nitrogens with one attached hydrogen (secondary N) is 1. The Balaban J connectivity index is 2.33. The van der Waals surface area contributed by atoms with Crippen LogP contribution in [0.2, 0.25) is 0 Å². The van der Waals surface area contributed by atoms with Crippen molar-refractivity contribution in [2.24, 2.45) is 0 Å². The van der Waals surface area contributed by atoms with Gasteiger partial charge < -0.3 is 14.8 Å². The number of halogens is 1. The fourth-order valence-corrected chi connectivity index (χ4v) is 1.97. The van der Waals surface area contributed by atoms with Crippen LogP contribution in [0.4, 0.5) is 10.1 Å². The van der Waals surface area contributed by atoms with Crippen molar-refractivity contribution in [3.05, 3.63) is 59.9 Å². The number of rotatable bonds is 5. The van der Waals surface area contributed by atoms with Crippen molar-refractivity contribution in [1.82, 2.24) is 0 Å². The van der Waals surface area contributed by atoms with E-state index in [0.29, 0.717) is 17.0 Å². The summed E-state index contributed by atoms with van der Waals surface area (Å²) < 4.78 is 23.1. The molecule has 0 radical (unpaired) electrons. The molecule has 5 heteroatoms. The van der Waals surface area contributed by atoms with Gasteiger partial charge in [-0.25, -0.2) is 9.18 Å². The SMILES string of the molecule is COC(=O)C(Nc1ccccc1OC)c1ccc(F)cc1. The van der Waals surface area contributed by atoms with Crippen molar-refractivity contribution in [1.29, 1.82) is 0 Å². The number of carbonyl (C=O) groups is 1. The number of ether oxygens (including phenoxy) is 2. The summed E-state index contributed by atoms with van der Waals surface area (Å²) in [6.45, 7) is 0. The molecule has 0 fully saturated rings. The van der Waals surface area contributed by atoms with Crippen LogP contribution in [-0.4, -0.2) is 20.2 Å². The lowest BCUT2D eigenvalue weighted by molar-refractivity contribution is -0.141. The molecule has 21 heavy (non-hydrogen) atoms. The summed E-state index contributed by atoms with van der Waals surface area (Å²) in [6.07, 6.45) is 0. The normalized spacial score (nSPS) is 11.6. The molecule has 0 saturated heterocycles. The minimum absolute atomic E-state index is 0.361. The van der Waals surface area contributed by atoms with Gasteiger partial charge in [0.15, 0.2) is 6.04 Å². The minimum atomic E-state index is -0.744. The molecule has 0 amide bonds. The highest BCUT2D eigenvalue weighted by molar-refractivity contribution is 5.81. The predicted octanol–water partition coefficient (Wildman–Crippen LogP) is 3.16. The standard InChI is InChI=1S/C16H16FNO3/c1-20-14-6-4-3-5-13(14)18-15(16(19)21-2)11-7-9-12(17)10-8-11/h3-10,15,18H,1-2H3. The van der Waals surface area contributed by atoms with Crippen molar-refractivity contribution in [2.75, 3.05) is 19.5 Å². The summed E-state index contributed by atoms with van der Waals surface area (Å²) in [4.78, 5) is 12.0. The van der Waals surface area contributed by atoms with Crippen LogP contribution in [0.25, 0.3) is 0 Å². The summed E-state index contributed by atoms with van der Waals surface area (Å²) >= 11 is 0. The van der Waals surface area contributed by atoms with Crippen LogP contribution in [-0.2, 0) is 9.53 Å². The van der Waals surface area contributed by atoms with Crippen molar-refractivity contribution < 1.29 is 18.7 Å². The van der Waals surface area contributed by atoms with Gasteiger partial charge in [-0.3, -0.25) is 0 Å². The number of hydrogen-bond donors (Lipinski definition) is 1. The maximum Gasteiger partial charge on any atom is 0.332 e. The number of esters is 1. The lowest BCUT2D eigenvalue weighted by Crippen LogP contribution is -2.22. The van der Waals surface area contributed by atoms with Gasteiger partial charge in [-0.15, -0.1) is 0 Å². The minimum Gasteiger partial charge on any atom is -0.495 e. The Bertz CT molecular complexity index is 613. The Labute approximate surface area is 122 Å². The molecule has 2 aromatic rings.